The van der Waals surface area contributed by atoms with E-state index in [1.54, 1.807) is 33.4 Å². The van der Waals surface area contributed by atoms with Crippen molar-refractivity contribution in [2.45, 2.75) is 66.5 Å². The third-order valence-electron chi connectivity index (χ3n) is 6.62. The van der Waals surface area contributed by atoms with Crippen molar-refractivity contribution in [2.24, 2.45) is 0 Å². The first-order chi connectivity index (χ1) is 20.4. The third-order valence-corrected chi connectivity index (χ3v) is 6.87. The molecule has 0 bridgehead atoms. The van der Waals surface area contributed by atoms with Crippen LogP contribution in [0.25, 0.3) is 33.9 Å². The Kier molecular flexibility index (Phi) is 9.19. The smallest absolute Gasteiger partial charge is 0.332 e. The summed E-state index contributed by atoms with van der Waals surface area (Å²) in [6.07, 6.45) is 2.21. The number of nitrogens with zero attached hydrogens (tertiary/aromatic N) is 6. The molecule has 3 aromatic heterocycles. The molecule has 0 spiro atoms. The maximum Gasteiger partial charge on any atom is 0.332 e. The minimum Gasteiger partial charge on any atom is -0.484 e. The molecule has 0 saturated heterocycles. The van der Waals surface area contributed by atoms with E-state index in [2.05, 4.69) is 10.1 Å². The second-order valence-corrected chi connectivity index (χ2v) is 10.2. The predicted octanol–water partition coefficient (Wildman–Crippen LogP) is 5.51. The van der Waals surface area contributed by atoms with Gasteiger partial charge in [0.05, 0.1) is 0 Å². The maximum atomic E-state index is 13.6. The fourth-order valence-corrected chi connectivity index (χ4v) is 4.78. The van der Waals surface area contributed by atoms with Gasteiger partial charge in [-0.3, -0.25) is 18.5 Å². The number of halogens is 1. The van der Waals surface area contributed by atoms with E-state index in [1.807, 2.05) is 45.0 Å². The van der Waals surface area contributed by atoms with Crippen LogP contribution in [-0.4, -0.2) is 35.4 Å². The van der Waals surface area contributed by atoms with Crippen LogP contribution in [0.2, 0.25) is 5.02 Å². The van der Waals surface area contributed by atoms with Crippen molar-refractivity contribution in [3.8, 4) is 28.5 Å². The maximum absolute atomic E-state index is 13.6. The Hall–Kier alpha value is -4.22. The van der Waals surface area contributed by atoms with Gasteiger partial charge in [0.15, 0.2) is 17.8 Å². The first-order valence-electron chi connectivity index (χ1n) is 14.1. The predicted molar refractivity (Wildman–Crippen MR) is 160 cm³/mol. The molecule has 5 aromatic rings. The van der Waals surface area contributed by atoms with Crippen LogP contribution < -0.4 is 16.0 Å². The van der Waals surface area contributed by atoms with E-state index in [-0.39, 0.29) is 24.6 Å². The van der Waals surface area contributed by atoms with Crippen molar-refractivity contribution < 1.29 is 14.0 Å². The lowest BCUT2D eigenvalue weighted by Crippen LogP contribution is -2.40. The van der Waals surface area contributed by atoms with Crippen molar-refractivity contribution in [1.82, 2.24) is 28.8 Å². The molecule has 0 aliphatic rings. The van der Waals surface area contributed by atoms with Crippen LogP contribution in [0.3, 0.4) is 0 Å². The molecule has 0 N–H and O–H groups in total. The number of hydrogen-bond donors (Lipinski definition) is 0. The Bertz CT molecular complexity index is 1770. The van der Waals surface area contributed by atoms with Gasteiger partial charge in [-0.25, -0.2) is 9.78 Å². The molecular weight excluding hydrogens is 560 g/mol. The first-order valence-corrected chi connectivity index (χ1v) is 14.5. The number of hydrogen-bond acceptors (Lipinski definition) is 8. The van der Waals surface area contributed by atoms with Gasteiger partial charge < -0.3 is 14.0 Å². The van der Waals surface area contributed by atoms with Crippen molar-refractivity contribution in [1.29, 1.82) is 0 Å². The van der Waals surface area contributed by atoms with Crippen LogP contribution >= 0.6 is 11.6 Å². The van der Waals surface area contributed by atoms with Crippen LogP contribution in [0, 0.1) is 0 Å². The number of rotatable bonds is 13. The molecule has 0 aliphatic heterocycles. The number of aromatic nitrogens is 6. The van der Waals surface area contributed by atoms with Gasteiger partial charge >= 0.3 is 5.69 Å². The minimum absolute atomic E-state index is 0.0869. The molecule has 0 amide bonds. The number of ether oxygens (including phenoxy) is 2. The summed E-state index contributed by atoms with van der Waals surface area (Å²) in [5, 5.41) is 4.64. The van der Waals surface area contributed by atoms with Crippen molar-refractivity contribution >= 4 is 22.8 Å². The lowest BCUT2D eigenvalue weighted by Gasteiger charge is -2.12. The van der Waals surface area contributed by atoms with Gasteiger partial charge in [-0.05, 0) is 67.8 Å². The molecule has 0 saturated carbocycles. The number of aryl methyl sites for hydroxylation is 1. The zero-order chi connectivity index (χ0) is 29.6. The summed E-state index contributed by atoms with van der Waals surface area (Å²) in [7, 11) is 0. The van der Waals surface area contributed by atoms with Gasteiger partial charge in [0, 0.05) is 35.8 Å². The Morgan fingerprint density at radius 3 is 2.21 bits per heavy atom. The van der Waals surface area contributed by atoms with Crippen LogP contribution in [0.15, 0.2) is 62.6 Å². The average Bonchev–Trinajstić information content (AvgIpc) is 3.63. The summed E-state index contributed by atoms with van der Waals surface area (Å²) in [4.78, 5) is 36.0. The monoisotopic (exact) mass is 592 g/mol. The van der Waals surface area contributed by atoms with Crippen LogP contribution in [0.4, 0.5) is 0 Å². The van der Waals surface area contributed by atoms with Gasteiger partial charge in [0.1, 0.15) is 18.3 Å². The lowest BCUT2D eigenvalue weighted by atomic mass is 10.2. The molecule has 0 atom stereocenters. The van der Waals surface area contributed by atoms with Crippen LogP contribution in [-0.2, 0) is 31.2 Å². The number of fused-ring (bicyclic) bond motifs is 1. The van der Waals surface area contributed by atoms with Crippen molar-refractivity contribution in [2.75, 3.05) is 6.61 Å². The topological polar surface area (TPSA) is 119 Å². The van der Waals surface area contributed by atoms with Crippen LogP contribution in [0.5, 0.6) is 5.75 Å². The molecular formula is C30H33ClN6O5. The quantitative estimate of drug-likeness (QED) is 0.164. The molecule has 42 heavy (non-hydrogen) atoms. The first kappa shape index (κ1) is 29.3. The van der Waals surface area contributed by atoms with Gasteiger partial charge in [0.2, 0.25) is 5.82 Å². The molecule has 0 radical (unpaired) electrons. The van der Waals surface area contributed by atoms with E-state index in [0.717, 1.165) is 24.0 Å². The largest absolute Gasteiger partial charge is 0.484 e. The van der Waals surface area contributed by atoms with E-state index in [4.69, 9.17) is 30.6 Å². The molecule has 0 fully saturated rings. The Morgan fingerprint density at radius 2 is 1.52 bits per heavy atom. The highest BCUT2D eigenvalue weighted by Crippen LogP contribution is 2.26. The Labute approximate surface area is 247 Å². The van der Waals surface area contributed by atoms with E-state index in [9.17, 15) is 9.59 Å². The fourth-order valence-electron chi connectivity index (χ4n) is 4.66. The third kappa shape index (κ3) is 6.02. The highest BCUT2D eigenvalue weighted by atomic mass is 35.5. The second kappa shape index (κ2) is 13.2. The second-order valence-electron chi connectivity index (χ2n) is 9.80. The highest BCUT2D eigenvalue weighted by Gasteiger charge is 2.22. The van der Waals surface area contributed by atoms with Crippen LogP contribution in [0.1, 0.15) is 45.9 Å². The summed E-state index contributed by atoms with van der Waals surface area (Å²) < 4.78 is 21.7. The highest BCUT2D eigenvalue weighted by molar-refractivity contribution is 6.30. The van der Waals surface area contributed by atoms with E-state index < -0.39 is 0 Å². The Morgan fingerprint density at radius 1 is 0.833 bits per heavy atom. The standard InChI is InChI=1S/C30H33ClN6O5/c1-4-15-35-28-25(29(38)36(16-5-2)30(35)39)37(19-40-17-6-3)27(33-28)21-9-13-23(14-10-21)41-18-24-32-26(34-42-24)20-7-11-22(31)12-8-20/h7-14H,4-6,15-19H2,1-3H3. The molecule has 12 heteroatoms. The summed E-state index contributed by atoms with van der Waals surface area (Å²) >= 11 is 5.96. The minimum atomic E-state index is -0.361. The molecule has 220 valence electrons. The molecule has 5 rings (SSSR count). The number of imidazole rings is 1. The molecule has 2 aromatic carbocycles. The SMILES string of the molecule is CCCOCn1c(-c2ccc(OCc3nc(-c4ccc(Cl)cc4)no3)cc2)nc2c1c(=O)n(CCC)c(=O)n2CCC. The lowest BCUT2D eigenvalue weighted by molar-refractivity contribution is 0.0809. The Balaban J connectivity index is 1.44. The average molecular weight is 593 g/mol. The summed E-state index contributed by atoms with van der Waals surface area (Å²) in [6.45, 7) is 7.48. The molecule has 0 aliphatic carbocycles. The van der Waals surface area contributed by atoms with E-state index in [1.165, 1.54) is 4.57 Å². The van der Waals surface area contributed by atoms with Crippen molar-refractivity contribution in [3.63, 3.8) is 0 Å². The van der Waals surface area contributed by atoms with Crippen molar-refractivity contribution in [3.05, 3.63) is 80.3 Å². The fraction of sp³-hybridized carbons (Fsp3) is 0.367. The number of benzene rings is 2. The van der Waals surface area contributed by atoms with Gasteiger partial charge in [-0.15, -0.1) is 0 Å². The molecule has 11 nitrogen and oxygen atoms in total. The van der Waals surface area contributed by atoms with Gasteiger partial charge in [0.25, 0.3) is 11.4 Å². The van der Waals surface area contributed by atoms with E-state index >= 15 is 0 Å². The normalized spacial score (nSPS) is 11.4. The molecule has 0 unspecified atom stereocenters. The van der Waals surface area contributed by atoms with Gasteiger partial charge in [-0.2, -0.15) is 4.98 Å². The summed E-state index contributed by atoms with van der Waals surface area (Å²) in [5.41, 5.74) is 1.55. The van der Waals surface area contributed by atoms with Gasteiger partial charge in [-0.1, -0.05) is 37.5 Å². The summed E-state index contributed by atoms with van der Waals surface area (Å²) in [5.74, 6) is 1.90. The van der Waals surface area contributed by atoms with E-state index in [0.29, 0.717) is 65.6 Å². The zero-order valence-corrected chi connectivity index (χ0v) is 24.6. The summed E-state index contributed by atoms with van der Waals surface area (Å²) in [6, 6.07) is 14.5. The zero-order valence-electron chi connectivity index (χ0n) is 23.9. The molecule has 3 heterocycles.